The molecule has 0 aliphatic heterocycles. The van der Waals surface area contributed by atoms with E-state index in [9.17, 15) is 0 Å². The highest BCUT2D eigenvalue weighted by Crippen LogP contribution is 2.48. The maximum atomic E-state index is 4.33. The molecule has 0 amide bonds. The second-order valence-electron chi connectivity index (χ2n) is 8.16. The summed E-state index contributed by atoms with van der Waals surface area (Å²) in [5.41, 5.74) is -0.172. The van der Waals surface area contributed by atoms with Crippen LogP contribution in [0.2, 0.25) is 0 Å². The summed E-state index contributed by atoms with van der Waals surface area (Å²) < 4.78 is 0. The number of hydrogen-bond acceptors (Lipinski definition) is 0. The summed E-state index contributed by atoms with van der Waals surface area (Å²) >= 11 is 0. The molecule has 0 N–H and O–H groups in total. The fourth-order valence-electron chi connectivity index (χ4n) is 4.08. The van der Waals surface area contributed by atoms with Crippen LogP contribution in [-0.4, -0.2) is 12.3 Å². The zero-order chi connectivity index (χ0) is 22.9. The molecule has 0 spiro atoms. The summed E-state index contributed by atoms with van der Waals surface area (Å²) in [6, 6.07) is 43.8. The van der Waals surface area contributed by atoms with Gasteiger partial charge in [-0.05, 0) is 49.4 Å². The molecule has 0 saturated heterocycles. The first-order valence-corrected chi connectivity index (χ1v) is 14.3. The quantitative estimate of drug-likeness (QED) is 0.183. The number of benzene rings is 4. The highest BCUT2D eigenvalue weighted by Gasteiger charge is 2.32. The van der Waals surface area contributed by atoms with E-state index in [2.05, 4.69) is 147 Å². The zero-order valence-electron chi connectivity index (χ0n) is 18.9. The molecule has 0 heterocycles. The largest absolute Gasteiger partial charge is 0.102 e. The molecule has 4 rings (SSSR count). The molecular weight excluding hydrogens is 434 g/mol. The third-order valence-corrected chi connectivity index (χ3v) is 11.5. The molecule has 4 aromatic rings. The monoisotopic (exact) mass is 464 g/mol. The lowest BCUT2D eigenvalue weighted by Gasteiger charge is -2.36. The Bertz CT molecular complexity index is 965. The lowest BCUT2D eigenvalue weighted by Crippen LogP contribution is -2.31. The van der Waals surface area contributed by atoms with Crippen LogP contribution in [0.1, 0.15) is 0 Å². The van der Waals surface area contributed by atoms with Gasteiger partial charge in [0.1, 0.15) is 0 Å². The summed E-state index contributed by atoms with van der Waals surface area (Å²) in [6.45, 7) is 8.67. The van der Waals surface area contributed by atoms with Crippen LogP contribution in [0, 0.1) is 5.41 Å². The minimum atomic E-state index is -0.551. The average molecular weight is 465 g/mol. The van der Waals surface area contributed by atoms with Gasteiger partial charge >= 0.3 is 0 Å². The molecule has 0 atom stereocenters. The first-order chi connectivity index (χ1) is 16.2. The van der Waals surface area contributed by atoms with E-state index in [4.69, 9.17) is 0 Å². The van der Waals surface area contributed by atoms with Crippen LogP contribution < -0.4 is 21.2 Å². The topological polar surface area (TPSA) is 0 Å². The number of rotatable bonds is 10. The van der Waals surface area contributed by atoms with Crippen molar-refractivity contribution in [3.05, 3.63) is 147 Å². The summed E-state index contributed by atoms with van der Waals surface area (Å²) in [5.74, 6) is 0. The molecule has 33 heavy (non-hydrogen) atoms. The van der Waals surface area contributed by atoms with Gasteiger partial charge in [0.2, 0.25) is 0 Å². The van der Waals surface area contributed by atoms with Crippen LogP contribution in [0.4, 0.5) is 0 Å². The molecule has 4 aromatic carbocycles. The lowest BCUT2D eigenvalue weighted by atomic mass is 9.94. The van der Waals surface area contributed by atoms with Gasteiger partial charge in [-0.2, -0.15) is 0 Å². The van der Waals surface area contributed by atoms with Crippen LogP contribution >= 0.6 is 15.8 Å². The van der Waals surface area contributed by atoms with Gasteiger partial charge in [-0.15, -0.1) is 13.2 Å². The van der Waals surface area contributed by atoms with Crippen LogP contribution in [-0.2, 0) is 0 Å². The molecule has 2 heteroatoms. The fourth-order valence-corrected chi connectivity index (χ4v) is 9.62. The molecule has 0 unspecified atom stereocenters. The van der Waals surface area contributed by atoms with E-state index >= 15 is 0 Å². The normalized spacial score (nSPS) is 11.5. The number of allylic oxidation sites excluding steroid dienone is 2. The Morgan fingerprint density at radius 2 is 0.697 bits per heavy atom. The maximum Gasteiger partial charge on any atom is 0.0146 e. The van der Waals surface area contributed by atoms with E-state index in [0.717, 1.165) is 12.3 Å². The van der Waals surface area contributed by atoms with Crippen LogP contribution in [0.25, 0.3) is 0 Å². The zero-order valence-corrected chi connectivity index (χ0v) is 20.7. The van der Waals surface area contributed by atoms with E-state index in [-0.39, 0.29) is 5.41 Å². The highest BCUT2D eigenvalue weighted by molar-refractivity contribution is 7.74. The average Bonchev–Trinajstić information content (AvgIpc) is 2.91. The minimum absolute atomic E-state index is 0.172. The van der Waals surface area contributed by atoms with Crippen molar-refractivity contribution < 1.29 is 0 Å². The predicted octanol–water partition coefficient (Wildman–Crippen LogP) is 6.61. The smallest absolute Gasteiger partial charge is 0.0146 e. The summed E-state index contributed by atoms with van der Waals surface area (Å²) in [4.78, 5) is 0. The van der Waals surface area contributed by atoms with Crippen molar-refractivity contribution in [1.29, 1.82) is 0 Å². The van der Waals surface area contributed by atoms with Gasteiger partial charge in [0.05, 0.1) is 0 Å². The van der Waals surface area contributed by atoms with Crippen molar-refractivity contribution in [2.75, 3.05) is 12.3 Å². The molecule has 164 valence electrons. The molecule has 0 nitrogen and oxygen atoms in total. The SMILES string of the molecule is C=CC(C=C)(CP(c1ccccc1)c1ccccc1)CP(c1ccccc1)c1ccccc1. The van der Waals surface area contributed by atoms with Crippen LogP contribution in [0.5, 0.6) is 0 Å². The predicted molar refractivity (Wildman–Crippen MR) is 151 cm³/mol. The summed E-state index contributed by atoms with van der Waals surface area (Å²) in [7, 11) is -1.10. The van der Waals surface area contributed by atoms with Gasteiger partial charge in [0.15, 0.2) is 0 Å². The molecule has 0 aromatic heterocycles. The Morgan fingerprint density at radius 3 is 0.909 bits per heavy atom. The summed E-state index contributed by atoms with van der Waals surface area (Å²) in [5, 5.41) is 5.59. The maximum absolute atomic E-state index is 4.33. The number of hydrogen-bond donors (Lipinski definition) is 0. The van der Waals surface area contributed by atoms with Gasteiger partial charge in [-0.1, -0.05) is 133 Å². The molecule has 0 fully saturated rings. The molecular formula is C31H30P2. The Hall–Kier alpha value is -2.78. The van der Waals surface area contributed by atoms with Crippen molar-refractivity contribution in [3.8, 4) is 0 Å². The van der Waals surface area contributed by atoms with Gasteiger partial charge in [0.25, 0.3) is 0 Å². The molecule has 0 saturated carbocycles. The first kappa shape index (κ1) is 23.4. The second-order valence-corrected chi connectivity index (χ2v) is 12.6. The van der Waals surface area contributed by atoms with E-state index < -0.39 is 15.8 Å². The standard InChI is InChI=1S/C31H30P2/c1-3-31(4-2,25-32(27-17-9-5-10-18-27)28-19-11-6-12-20-28)26-33(29-21-13-7-14-22-29)30-23-15-8-16-24-30/h3-24H,1-2,25-26H2. The van der Waals surface area contributed by atoms with Crippen molar-refractivity contribution >= 4 is 37.1 Å². The lowest BCUT2D eigenvalue weighted by molar-refractivity contribution is 0.651. The van der Waals surface area contributed by atoms with Crippen molar-refractivity contribution in [2.24, 2.45) is 5.41 Å². The Balaban J connectivity index is 1.74. The van der Waals surface area contributed by atoms with E-state index in [1.165, 1.54) is 21.2 Å². The first-order valence-electron chi connectivity index (χ1n) is 11.3. The van der Waals surface area contributed by atoms with E-state index in [1.807, 2.05) is 0 Å². The van der Waals surface area contributed by atoms with Gasteiger partial charge in [0, 0.05) is 5.41 Å². The Morgan fingerprint density at radius 1 is 0.455 bits per heavy atom. The van der Waals surface area contributed by atoms with Gasteiger partial charge in [-0.3, -0.25) is 0 Å². The minimum Gasteiger partial charge on any atom is -0.102 e. The molecule has 0 aliphatic rings. The molecule has 0 bridgehead atoms. The van der Waals surface area contributed by atoms with Crippen LogP contribution in [0.3, 0.4) is 0 Å². The molecule has 0 aliphatic carbocycles. The third-order valence-electron chi connectivity index (χ3n) is 5.99. The van der Waals surface area contributed by atoms with Crippen molar-refractivity contribution in [1.82, 2.24) is 0 Å². The van der Waals surface area contributed by atoms with Crippen molar-refractivity contribution in [3.63, 3.8) is 0 Å². The van der Waals surface area contributed by atoms with Gasteiger partial charge < -0.3 is 0 Å². The second kappa shape index (κ2) is 11.4. The fraction of sp³-hybridized carbons (Fsp3) is 0.0968. The van der Waals surface area contributed by atoms with E-state index in [0.29, 0.717) is 0 Å². The molecule has 0 radical (unpaired) electrons. The van der Waals surface area contributed by atoms with Crippen LogP contribution in [0.15, 0.2) is 147 Å². The summed E-state index contributed by atoms with van der Waals surface area (Å²) in [6.07, 6.45) is 6.31. The van der Waals surface area contributed by atoms with E-state index in [1.54, 1.807) is 0 Å². The Labute approximate surface area is 201 Å². The van der Waals surface area contributed by atoms with Gasteiger partial charge in [-0.25, -0.2) is 0 Å². The third kappa shape index (κ3) is 5.78. The Kier molecular flexibility index (Phi) is 8.06. The van der Waals surface area contributed by atoms with Crippen molar-refractivity contribution in [2.45, 2.75) is 0 Å². The highest BCUT2D eigenvalue weighted by atomic mass is 31.1.